The molecule has 0 bridgehead atoms. The molecule has 0 aliphatic heterocycles. The summed E-state index contributed by atoms with van der Waals surface area (Å²) in [5, 5.41) is 5.94. The largest absolute Gasteiger partial charge is 0.358 e. The van der Waals surface area contributed by atoms with Gasteiger partial charge in [-0.05, 0) is 12.3 Å². The van der Waals surface area contributed by atoms with Gasteiger partial charge in [0, 0.05) is 26.5 Å². The zero-order chi connectivity index (χ0) is 12.8. The Morgan fingerprint density at radius 2 is 2.24 bits per heavy atom. The van der Waals surface area contributed by atoms with Gasteiger partial charge in [-0.3, -0.25) is 10.1 Å². The third-order valence-corrected chi connectivity index (χ3v) is 2.70. The Hall–Kier alpha value is -1.36. The molecule has 0 saturated carbocycles. The lowest BCUT2D eigenvalue weighted by Crippen LogP contribution is -2.43. The standard InChI is InChI=1S/C12H22N4O/c1-9(2)7-10(12(17)13-3)15-8-11-14-5-6-16(11)4/h5-6,9-10,15H,7-8H2,1-4H3,(H,13,17). The summed E-state index contributed by atoms with van der Waals surface area (Å²) in [5.74, 6) is 1.45. The Kier molecular flexibility index (Phi) is 5.15. The lowest BCUT2D eigenvalue weighted by Gasteiger charge is -2.18. The molecule has 1 rings (SSSR count). The molecule has 0 saturated heterocycles. The summed E-state index contributed by atoms with van der Waals surface area (Å²) < 4.78 is 1.95. The van der Waals surface area contributed by atoms with E-state index in [2.05, 4.69) is 29.5 Å². The van der Waals surface area contributed by atoms with Crippen LogP contribution in [0.15, 0.2) is 12.4 Å². The zero-order valence-electron chi connectivity index (χ0n) is 11.0. The highest BCUT2D eigenvalue weighted by molar-refractivity contribution is 5.81. The third-order valence-electron chi connectivity index (χ3n) is 2.70. The van der Waals surface area contributed by atoms with Crippen molar-refractivity contribution in [1.29, 1.82) is 0 Å². The molecule has 0 spiro atoms. The SMILES string of the molecule is CNC(=O)C(CC(C)C)NCc1nccn1C. The predicted octanol–water partition coefficient (Wildman–Crippen LogP) is 0.670. The molecule has 1 amide bonds. The van der Waals surface area contributed by atoms with E-state index < -0.39 is 0 Å². The van der Waals surface area contributed by atoms with Crippen molar-refractivity contribution in [1.82, 2.24) is 20.2 Å². The number of carbonyl (C=O) groups excluding carboxylic acids is 1. The Bertz CT molecular complexity index is 359. The first kappa shape index (κ1) is 13.7. The molecule has 1 aromatic heterocycles. The van der Waals surface area contributed by atoms with E-state index in [1.165, 1.54) is 0 Å². The maximum atomic E-state index is 11.7. The number of hydrogen-bond donors (Lipinski definition) is 2. The molecule has 1 atom stereocenters. The van der Waals surface area contributed by atoms with Crippen molar-refractivity contribution in [3.05, 3.63) is 18.2 Å². The monoisotopic (exact) mass is 238 g/mol. The fraction of sp³-hybridized carbons (Fsp3) is 0.667. The summed E-state index contributed by atoms with van der Waals surface area (Å²) in [6.45, 7) is 4.82. The minimum atomic E-state index is -0.156. The maximum Gasteiger partial charge on any atom is 0.236 e. The van der Waals surface area contributed by atoms with Crippen molar-refractivity contribution >= 4 is 5.91 Å². The van der Waals surface area contributed by atoms with Crippen LogP contribution in [0.1, 0.15) is 26.1 Å². The van der Waals surface area contributed by atoms with Gasteiger partial charge >= 0.3 is 0 Å². The van der Waals surface area contributed by atoms with Crippen LogP contribution in [0.4, 0.5) is 0 Å². The molecule has 5 nitrogen and oxygen atoms in total. The van der Waals surface area contributed by atoms with Crippen LogP contribution in [0.5, 0.6) is 0 Å². The number of nitrogens with zero attached hydrogens (tertiary/aromatic N) is 2. The molecule has 0 radical (unpaired) electrons. The number of rotatable bonds is 6. The van der Waals surface area contributed by atoms with Gasteiger partial charge in [0.25, 0.3) is 0 Å². The fourth-order valence-electron chi connectivity index (χ4n) is 1.71. The summed E-state index contributed by atoms with van der Waals surface area (Å²) >= 11 is 0. The lowest BCUT2D eigenvalue weighted by atomic mass is 10.0. The summed E-state index contributed by atoms with van der Waals surface area (Å²) in [5.41, 5.74) is 0. The number of imidazole rings is 1. The van der Waals surface area contributed by atoms with E-state index in [4.69, 9.17) is 0 Å². The van der Waals surface area contributed by atoms with Crippen LogP contribution in [0.3, 0.4) is 0 Å². The van der Waals surface area contributed by atoms with Gasteiger partial charge in [0.15, 0.2) is 0 Å². The first-order chi connectivity index (χ1) is 8.04. The van der Waals surface area contributed by atoms with Gasteiger partial charge in [-0.1, -0.05) is 13.8 Å². The van der Waals surface area contributed by atoms with Crippen LogP contribution in [-0.4, -0.2) is 28.5 Å². The zero-order valence-corrected chi connectivity index (χ0v) is 11.0. The smallest absolute Gasteiger partial charge is 0.236 e. The van der Waals surface area contributed by atoms with E-state index in [0.29, 0.717) is 12.5 Å². The Balaban J connectivity index is 2.55. The number of likely N-dealkylation sites (N-methyl/N-ethyl adjacent to an activating group) is 1. The topological polar surface area (TPSA) is 59.0 Å². The molecule has 5 heteroatoms. The molecule has 0 aliphatic carbocycles. The second kappa shape index (κ2) is 6.39. The van der Waals surface area contributed by atoms with Gasteiger partial charge in [-0.15, -0.1) is 0 Å². The number of amides is 1. The van der Waals surface area contributed by atoms with Crippen molar-refractivity contribution in [2.75, 3.05) is 7.05 Å². The first-order valence-electron chi connectivity index (χ1n) is 5.95. The number of nitrogens with one attached hydrogen (secondary N) is 2. The molecule has 1 heterocycles. The molecule has 17 heavy (non-hydrogen) atoms. The van der Waals surface area contributed by atoms with Crippen molar-refractivity contribution in [2.45, 2.75) is 32.9 Å². The van der Waals surface area contributed by atoms with E-state index in [1.807, 2.05) is 17.8 Å². The van der Waals surface area contributed by atoms with Gasteiger partial charge in [-0.25, -0.2) is 4.98 Å². The van der Waals surface area contributed by atoms with Crippen LogP contribution >= 0.6 is 0 Å². The van der Waals surface area contributed by atoms with Crippen molar-refractivity contribution in [3.63, 3.8) is 0 Å². The van der Waals surface area contributed by atoms with Crippen molar-refractivity contribution in [2.24, 2.45) is 13.0 Å². The lowest BCUT2D eigenvalue weighted by molar-refractivity contribution is -0.123. The van der Waals surface area contributed by atoms with E-state index in [-0.39, 0.29) is 11.9 Å². The summed E-state index contributed by atoms with van der Waals surface area (Å²) in [6.07, 6.45) is 4.48. The third kappa shape index (κ3) is 4.19. The van der Waals surface area contributed by atoms with Crippen LogP contribution in [0.2, 0.25) is 0 Å². The summed E-state index contributed by atoms with van der Waals surface area (Å²) in [7, 11) is 3.61. The van der Waals surface area contributed by atoms with Gasteiger partial charge < -0.3 is 9.88 Å². The molecule has 2 N–H and O–H groups in total. The minimum Gasteiger partial charge on any atom is -0.358 e. The second-order valence-electron chi connectivity index (χ2n) is 4.63. The predicted molar refractivity (Wildman–Crippen MR) is 67.4 cm³/mol. The second-order valence-corrected chi connectivity index (χ2v) is 4.63. The quantitative estimate of drug-likeness (QED) is 0.766. The Morgan fingerprint density at radius 3 is 2.71 bits per heavy atom. The average molecular weight is 238 g/mol. The van der Waals surface area contributed by atoms with Crippen molar-refractivity contribution in [3.8, 4) is 0 Å². The number of hydrogen-bond acceptors (Lipinski definition) is 3. The summed E-state index contributed by atoms with van der Waals surface area (Å²) in [6, 6.07) is -0.156. The molecule has 1 unspecified atom stereocenters. The van der Waals surface area contributed by atoms with E-state index in [0.717, 1.165) is 12.2 Å². The fourth-order valence-corrected chi connectivity index (χ4v) is 1.71. The van der Waals surface area contributed by atoms with E-state index in [9.17, 15) is 4.79 Å². The highest BCUT2D eigenvalue weighted by Gasteiger charge is 2.18. The molecule has 96 valence electrons. The van der Waals surface area contributed by atoms with Crippen LogP contribution < -0.4 is 10.6 Å². The highest BCUT2D eigenvalue weighted by atomic mass is 16.2. The molecular formula is C12H22N4O. The van der Waals surface area contributed by atoms with E-state index >= 15 is 0 Å². The van der Waals surface area contributed by atoms with Crippen molar-refractivity contribution < 1.29 is 4.79 Å². The van der Waals surface area contributed by atoms with Gasteiger partial charge in [0.05, 0.1) is 12.6 Å². The summed E-state index contributed by atoms with van der Waals surface area (Å²) in [4.78, 5) is 15.9. The van der Waals surface area contributed by atoms with Gasteiger partial charge in [0.1, 0.15) is 5.82 Å². The van der Waals surface area contributed by atoms with Crippen LogP contribution in [0, 0.1) is 5.92 Å². The number of carbonyl (C=O) groups is 1. The average Bonchev–Trinajstić information content (AvgIpc) is 2.68. The molecule has 0 fully saturated rings. The molecule has 0 aromatic carbocycles. The molecular weight excluding hydrogens is 216 g/mol. The van der Waals surface area contributed by atoms with Gasteiger partial charge in [-0.2, -0.15) is 0 Å². The molecule has 0 aliphatic rings. The minimum absolute atomic E-state index is 0.0351. The number of aromatic nitrogens is 2. The van der Waals surface area contributed by atoms with Crippen LogP contribution in [0.25, 0.3) is 0 Å². The van der Waals surface area contributed by atoms with E-state index in [1.54, 1.807) is 13.2 Å². The first-order valence-corrected chi connectivity index (χ1v) is 5.95. The van der Waals surface area contributed by atoms with Gasteiger partial charge in [0.2, 0.25) is 5.91 Å². The molecule has 1 aromatic rings. The maximum absolute atomic E-state index is 11.7. The number of aryl methyl sites for hydroxylation is 1. The van der Waals surface area contributed by atoms with Crippen LogP contribution in [-0.2, 0) is 18.4 Å². The normalized spacial score (nSPS) is 12.8. The highest BCUT2D eigenvalue weighted by Crippen LogP contribution is 2.06. The Labute approximate surface area is 103 Å². The Morgan fingerprint density at radius 1 is 1.53 bits per heavy atom.